The van der Waals surface area contributed by atoms with Crippen LogP contribution in [0.3, 0.4) is 0 Å². The van der Waals surface area contributed by atoms with E-state index in [4.69, 9.17) is 42.2 Å². The van der Waals surface area contributed by atoms with Gasteiger partial charge in [-0.15, -0.1) is 0 Å². The van der Waals surface area contributed by atoms with Crippen LogP contribution in [-0.2, 0) is 18.4 Å². The van der Waals surface area contributed by atoms with E-state index in [2.05, 4.69) is 25.6 Å². The van der Waals surface area contributed by atoms with Gasteiger partial charge in [0.2, 0.25) is 5.28 Å². The van der Waals surface area contributed by atoms with Crippen LogP contribution in [0, 0.1) is 0 Å². The fourth-order valence-electron chi connectivity index (χ4n) is 3.42. The molecule has 200 valence electrons. The Morgan fingerprint density at radius 3 is 2.51 bits per heavy atom. The molecule has 1 aliphatic heterocycles. The lowest BCUT2D eigenvalue weighted by molar-refractivity contribution is -0.0541. The van der Waals surface area contributed by atoms with Crippen LogP contribution < -0.4 is 5.43 Å². The molecule has 1 saturated heterocycles. The Morgan fingerprint density at radius 2 is 1.84 bits per heavy atom. The molecular formula is C18H20Cl2N6O9P2. The molecule has 19 heteroatoms. The SMILES string of the molecule is O=P(O)(O)CP(=O)(O)OC[C@H]1O[C@@H](n2ncc3c(N/N=C/c4ccc(Cl)cc4)nc(Cl)nc32)[C@H](O)[C@@H]1O. The maximum atomic E-state index is 11.9. The lowest BCUT2D eigenvalue weighted by atomic mass is 10.1. The Bertz CT molecular complexity index is 1400. The summed E-state index contributed by atoms with van der Waals surface area (Å²) >= 11 is 11.9. The molecule has 4 rings (SSSR count). The zero-order chi connectivity index (χ0) is 27.0. The van der Waals surface area contributed by atoms with Crippen LogP contribution >= 0.6 is 38.4 Å². The van der Waals surface area contributed by atoms with Gasteiger partial charge in [0, 0.05) is 5.02 Å². The zero-order valence-electron chi connectivity index (χ0n) is 18.4. The predicted molar refractivity (Wildman–Crippen MR) is 132 cm³/mol. The maximum absolute atomic E-state index is 11.9. The summed E-state index contributed by atoms with van der Waals surface area (Å²) in [5.41, 5.74) is 3.59. The van der Waals surface area contributed by atoms with E-state index in [0.717, 1.165) is 10.2 Å². The van der Waals surface area contributed by atoms with Gasteiger partial charge in [-0.25, -0.2) is 4.68 Å². The van der Waals surface area contributed by atoms with Gasteiger partial charge in [-0.05, 0) is 29.3 Å². The van der Waals surface area contributed by atoms with Crippen LogP contribution in [0.25, 0.3) is 11.0 Å². The Kier molecular flexibility index (Phi) is 8.34. The molecule has 0 aliphatic carbocycles. The predicted octanol–water partition coefficient (Wildman–Crippen LogP) is 1.54. The number of rotatable bonds is 9. The van der Waals surface area contributed by atoms with Gasteiger partial charge in [0.1, 0.15) is 18.3 Å². The second-order valence-electron chi connectivity index (χ2n) is 7.87. The van der Waals surface area contributed by atoms with E-state index in [0.29, 0.717) is 10.4 Å². The van der Waals surface area contributed by atoms with Crippen molar-refractivity contribution in [1.82, 2.24) is 19.7 Å². The van der Waals surface area contributed by atoms with Gasteiger partial charge in [-0.1, -0.05) is 23.7 Å². The topological polar surface area (TPSA) is 222 Å². The van der Waals surface area contributed by atoms with Gasteiger partial charge >= 0.3 is 15.2 Å². The fraction of sp³-hybridized carbons (Fsp3) is 0.333. The first kappa shape index (κ1) is 28.0. The number of anilines is 1. The molecule has 1 unspecified atom stereocenters. The number of aliphatic hydroxyl groups is 2. The summed E-state index contributed by atoms with van der Waals surface area (Å²) in [4.78, 5) is 35.6. The molecular weight excluding hydrogens is 577 g/mol. The molecule has 15 nitrogen and oxygen atoms in total. The van der Waals surface area contributed by atoms with Gasteiger partial charge in [-0.3, -0.25) is 14.6 Å². The van der Waals surface area contributed by atoms with Gasteiger partial charge < -0.3 is 34.2 Å². The van der Waals surface area contributed by atoms with E-state index in [-0.39, 0.29) is 16.7 Å². The molecule has 0 radical (unpaired) electrons. The Hall–Kier alpha value is -2.00. The highest BCUT2D eigenvalue weighted by atomic mass is 35.5. The minimum absolute atomic E-state index is 0.108. The zero-order valence-corrected chi connectivity index (χ0v) is 21.7. The summed E-state index contributed by atoms with van der Waals surface area (Å²) in [5.74, 6) is -1.23. The van der Waals surface area contributed by atoms with Crippen molar-refractivity contribution < 1.29 is 43.3 Å². The van der Waals surface area contributed by atoms with Crippen LogP contribution in [0.15, 0.2) is 35.6 Å². The van der Waals surface area contributed by atoms with Crippen LogP contribution in [-0.4, -0.2) is 81.7 Å². The quantitative estimate of drug-likeness (QED) is 0.0893. The first-order valence-electron chi connectivity index (χ1n) is 10.3. The van der Waals surface area contributed by atoms with E-state index in [1.54, 1.807) is 24.3 Å². The van der Waals surface area contributed by atoms with Crippen molar-refractivity contribution >= 4 is 61.5 Å². The highest BCUT2D eigenvalue weighted by molar-refractivity contribution is 7.70. The molecule has 37 heavy (non-hydrogen) atoms. The van der Waals surface area contributed by atoms with Crippen molar-refractivity contribution in [3.63, 3.8) is 0 Å². The summed E-state index contributed by atoms with van der Waals surface area (Å²) in [6, 6.07) is 6.90. The molecule has 6 N–H and O–H groups in total. The van der Waals surface area contributed by atoms with Gasteiger partial charge in [0.15, 0.2) is 23.6 Å². The summed E-state index contributed by atoms with van der Waals surface area (Å²) in [6.07, 6.45) is -2.98. The number of halogens is 2. The van der Waals surface area contributed by atoms with E-state index < -0.39 is 52.2 Å². The van der Waals surface area contributed by atoms with E-state index in [1.165, 1.54) is 12.4 Å². The van der Waals surface area contributed by atoms with Crippen molar-refractivity contribution in [2.45, 2.75) is 24.5 Å². The average molecular weight is 597 g/mol. The smallest absolute Gasteiger partial charge is 0.340 e. The number of hydrazone groups is 1. The molecule has 1 fully saturated rings. The third-order valence-corrected chi connectivity index (χ3v) is 8.94. The Balaban J connectivity index is 1.52. The number of hydrogen-bond acceptors (Lipinski definition) is 11. The molecule has 0 spiro atoms. The number of benzene rings is 1. The van der Waals surface area contributed by atoms with Crippen molar-refractivity contribution in [2.24, 2.45) is 5.10 Å². The van der Waals surface area contributed by atoms with Crippen LogP contribution in [0.5, 0.6) is 0 Å². The highest BCUT2D eigenvalue weighted by Crippen LogP contribution is 2.55. The number of ether oxygens (including phenoxy) is 1. The highest BCUT2D eigenvalue weighted by Gasteiger charge is 2.46. The standard InChI is InChI=1S/C18H20Cl2N6O9P2/c19-10-3-1-9(2-4-10)5-21-25-15-11-6-22-26(16(11)24-18(20)23-15)17-14(28)13(27)12(35-17)7-34-37(32,33)8-36(29,30)31/h1-6,12-14,17,27-28H,7-8H2,(H,32,33)(H,23,24,25)(H2,29,30,31)/b21-5+/t12-,13-,14-,17-/m1/s1. The van der Waals surface area contributed by atoms with Crippen LogP contribution in [0.2, 0.25) is 10.3 Å². The number of aromatic nitrogens is 4. The molecule has 1 aromatic carbocycles. The van der Waals surface area contributed by atoms with Crippen LogP contribution in [0.4, 0.5) is 5.82 Å². The van der Waals surface area contributed by atoms with Crippen molar-refractivity contribution in [2.75, 3.05) is 17.9 Å². The minimum Gasteiger partial charge on any atom is -0.387 e. The molecule has 1 aliphatic rings. The number of aliphatic hydroxyl groups excluding tert-OH is 2. The van der Waals surface area contributed by atoms with Gasteiger partial charge in [0.25, 0.3) is 0 Å². The summed E-state index contributed by atoms with van der Waals surface area (Å²) in [7, 11) is -9.55. The molecule has 0 amide bonds. The lowest BCUT2D eigenvalue weighted by Crippen LogP contribution is -2.33. The average Bonchev–Trinajstić information content (AvgIpc) is 3.33. The number of hydrogen-bond donors (Lipinski definition) is 6. The molecule has 5 atom stereocenters. The van der Waals surface area contributed by atoms with Crippen molar-refractivity contribution in [3.05, 3.63) is 46.3 Å². The monoisotopic (exact) mass is 596 g/mol. The normalized spacial score (nSPS) is 24.1. The Morgan fingerprint density at radius 1 is 1.14 bits per heavy atom. The maximum Gasteiger partial charge on any atom is 0.340 e. The minimum atomic E-state index is -4.85. The Labute approximate surface area is 218 Å². The summed E-state index contributed by atoms with van der Waals surface area (Å²) in [5, 5.41) is 29.8. The van der Waals surface area contributed by atoms with E-state index in [1.807, 2.05) is 0 Å². The third kappa shape index (κ3) is 6.91. The second kappa shape index (κ2) is 11.0. The first-order chi connectivity index (χ1) is 17.3. The van der Waals surface area contributed by atoms with Gasteiger partial charge in [-0.2, -0.15) is 20.2 Å². The molecule has 3 aromatic rings. The second-order valence-corrected chi connectivity index (χ2v) is 12.6. The largest absolute Gasteiger partial charge is 0.387 e. The lowest BCUT2D eigenvalue weighted by Gasteiger charge is -2.18. The van der Waals surface area contributed by atoms with E-state index in [9.17, 15) is 24.2 Å². The number of nitrogens with one attached hydrogen (secondary N) is 1. The van der Waals surface area contributed by atoms with Crippen LogP contribution in [0.1, 0.15) is 11.8 Å². The first-order valence-corrected chi connectivity index (χ1v) is 14.6. The number of nitrogens with zero attached hydrogens (tertiary/aromatic N) is 5. The number of fused-ring (bicyclic) bond motifs is 1. The molecule has 3 heterocycles. The third-order valence-electron chi connectivity index (χ3n) is 5.06. The van der Waals surface area contributed by atoms with Gasteiger partial charge in [0.05, 0.1) is 24.4 Å². The molecule has 2 aromatic heterocycles. The molecule has 0 bridgehead atoms. The van der Waals surface area contributed by atoms with Crippen molar-refractivity contribution in [1.29, 1.82) is 0 Å². The summed E-state index contributed by atoms with van der Waals surface area (Å²) < 4.78 is 34.3. The van der Waals surface area contributed by atoms with E-state index >= 15 is 0 Å². The molecule has 0 saturated carbocycles. The summed E-state index contributed by atoms with van der Waals surface area (Å²) in [6.45, 7) is -0.746. The van der Waals surface area contributed by atoms with Crippen molar-refractivity contribution in [3.8, 4) is 0 Å². The fourth-order valence-corrected chi connectivity index (χ4v) is 6.28.